The first-order valence-electron chi connectivity index (χ1n) is 8.99. The van der Waals surface area contributed by atoms with E-state index in [4.69, 9.17) is 15.2 Å². The average molecular weight is 344 g/mol. The van der Waals surface area contributed by atoms with Crippen LogP contribution in [0.2, 0.25) is 0 Å². The second kappa shape index (κ2) is 9.40. The Balaban J connectivity index is 4.60. The van der Waals surface area contributed by atoms with Crippen LogP contribution in [-0.4, -0.2) is 28.7 Å². The minimum absolute atomic E-state index is 0.244. The van der Waals surface area contributed by atoms with Crippen LogP contribution in [0.15, 0.2) is 0 Å². The number of carbonyl (C=O) groups excluding carboxylic acids is 2. The molecule has 0 radical (unpaired) electrons. The molecule has 0 unspecified atom stereocenters. The number of rotatable bonds is 9. The van der Waals surface area contributed by atoms with Crippen molar-refractivity contribution in [1.82, 2.24) is 0 Å². The van der Waals surface area contributed by atoms with Gasteiger partial charge in [-0.05, 0) is 60.8 Å². The number of carbonyl (C=O) groups is 2. The molecule has 142 valence electrons. The topological polar surface area (TPSA) is 78.6 Å². The highest BCUT2D eigenvalue weighted by atomic mass is 16.6. The van der Waals surface area contributed by atoms with E-state index >= 15 is 0 Å². The van der Waals surface area contributed by atoms with Gasteiger partial charge in [0.25, 0.3) is 0 Å². The van der Waals surface area contributed by atoms with Crippen molar-refractivity contribution in [3.63, 3.8) is 0 Å². The molecule has 0 amide bonds. The molecule has 0 spiro atoms. The molecule has 0 atom stereocenters. The molecule has 0 rings (SSSR count). The highest BCUT2D eigenvalue weighted by Crippen LogP contribution is 2.25. The van der Waals surface area contributed by atoms with Crippen LogP contribution in [0, 0.1) is 0 Å². The molecule has 5 nitrogen and oxygen atoms in total. The lowest BCUT2D eigenvalue weighted by Gasteiger charge is -2.30. The Morgan fingerprint density at radius 1 is 0.792 bits per heavy atom. The van der Waals surface area contributed by atoms with Crippen molar-refractivity contribution in [2.24, 2.45) is 5.73 Å². The third-order valence-corrected chi connectivity index (χ3v) is 3.52. The van der Waals surface area contributed by atoms with E-state index in [-0.39, 0.29) is 24.8 Å². The van der Waals surface area contributed by atoms with Crippen LogP contribution in [0.5, 0.6) is 0 Å². The first-order valence-corrected chi connectivity index (χ1v) is 8.99. The Kier molecular flexibility index (Phi) is 8.97. The Hall–Kier alpha value is -1.10. The molecule has 0 bridgehead atoms. The fourth-order valence-corrected chi connectivity index (χ4v) is 2.39. The van der Waals surface area contributed by atoms with Gasteiger partial charge in [-0.1, -0.05) is 19.8 Å². The number of hydrogen-bond acceptors (Lipinski definition) is 5. The van der Waals surface area contributed by atoms with Gasteiger partial charge < -0.3 is 15.2 Å². The molecule has 0 fully saturated rings. The predicted molar refractivity (Wildman–Crippen MR) is 96.6 cm³/mol. The van der Waals surface area contributed by atoms with Crippen molar-refractivity contribution < 1.29 is 19.1 Å². The number of hydrogen-bond donors (Lipinski definition) is 1. The van der Waals surface area contributed by atoms with Gasteiger partial charge in [0.2, 0.25) is 0 Å². The molecular weight excluding hydrogens is 306 g/mol. The van der Waals surface area contributed by atoms with Crippen molar-refractivity contribution in [2.75, 3.05) is 0 Å². The fourth-order valence-electron chi connectivity index (χ4n) is 2.39. The van der Waals surface area contributed by atoms with Gasteiger partial charge >= 0.3 is 11.9 Å². The first kappa shape index (κ1) is 22.9. The molecule has 0 aliphatic carbocycles. The monoisotopic (exact) mass is 343 g/mol. The van der Waals surface area contributed by atoms with Gasteiger partial charge in [0.15, 0.2) is 0 Å². The summed E-state index contributed by atoms with van der Waals surface area (Å²) in [4.78, 5) is 23.9. The summed E-state index contributed by atoms with van der Waals surface area (Å²) >= 11 is 0. The van der Waals surface area contributed by atoms with E-state index < -0.39 is 16.7 Å². The standard InChI is InChI=1S/C19H37NO4/c1-8-9-12-19(20,13-10-15(21)23-17(2,3)4)14-11-16(22)24-18(5,6)7/h8-14,20H2,1-7H3. The minimum atomic E-state index is -0.538. The van der Waals surface area contributed by atoms with Gasteiger partial charge in [-0.25, -0.2) is 0 Å². The molecule has 0 aromatic carbocycles. The molecule has 0 aromatic heterocycles. The SMILES string of the molecule is CCCCC(N)(CCC(=O)OC(C)(C)C)CCC(=O)OC(C)(C)C. The normalized spacial score (nSPS) is 12.8. The summed E-state index contributed by atoms with van der Waals surface area (Å²) in [6.45, 7) is 13.2. The molecular formula is C19H37NO4. The summed E-state index contributed by atoms with van der Waals surface area (Å²) < 4.78 is 10.7. The lowest BCUT2D eigenvalue weighted by atomic mass is 9.84. The highest BCUT2D eigenvalue weighted by Gasteiger charge is 2.28. The van der Waals surface area contributed by atoms with Gasteiger partial charge in [-0.3, -0.25) is 9.59 Å². The van der Waals surface area contributed by atoms with Crippen LogP contribution in [-0.2, 0) is 19.1 Å². The van der Waals surface area contributed by atoms with Crippen molar-refractivity contribution in [2.45, 2.75) is 110 Å². The van der Waals surface area contributed by atoms with Crippen LogP contribution >= 0.6 is 0 Å². The summed E-state index contributed by atoms with van der Waals surface area (Å²) in [6.07, 6.45) is 4.36. The zero-order valence-electron chi connectivity index (χ0n) is 16.7. The lowest BCUT2D eigenvalue weighted by Crippen LogP contribution is -2.41. The van der Waals surface area contributed by atoms with Crippen LogP contribution in [0.1, 0.15) is 93.4 Å². The quantitative estimate of drug-likeness (QED) is 0.637. The molecule has 0 aliphatic heterocycles. The van der Waals surface area contributed by atoms with Crippen molar-refractivity contribution in [3.05, 3.63) is 0 Å². The van der Waals surface area contributed by atoms with Crippen LogP contribution in [0.4, 0.5) is 0 Å². The number of nitrogens with two attached hydrogens (primary N) is 1. The van der Waals surface area contributed by atoms with Crippen molar-refractivity contribution in [3.8, 4) is 0 Å². The van der Waals surface area contributed by atoms with Gasteiger partial charge in [-0.15, -0.1) is 0 Å². The zero-order valence-corrected chi connectivity index (χ0v) is 16.7. The Labute approximate surface area is 147 Å². The van der Waals surface area contributed by atoms with Crippen molar-refractivity contribution in [1.29, 1.82) is 0 Å². The fraction of sp³-hybridized carbons (Fsp3) is 0.895. The summed E-state index contributed by atoms with van der Waals surface area (Å²) in [5, 5.41) is 0. The van der Waals surface area contributed by atoms with Gasteiger partial charge in [0.05, 0.1) is 0 Å². The predicted octanol–water partition coefficient (Wildman–Crippen LogP) is 4.12. The Morgan fingerprint density at radius 2 is 1.17 bits per heavy atom. The third kappa shape index (κ3) is 12.3. The zero-order chi connectivity index (χ0) is 19.0. The third-order valence-electron chi connectivity index (χ3n) is 3.52. The molecule has 0 saturated heterocycles. The molecule has 2 N–H and O–H groups in total. The molecule has 5 heteroatoms. The number of ether oxygens (including phenoxy) is 2. The first-order chi connectivity index (χ1) is 10.8. The van der Waals surface area contributed by atoms with E-state index in [2.05, 4.69) is 6.92 Å². The summed E-state index contributed by atoms with van der Waals surface area (Å²) in [5.74, 6) is -0.489. The van der Waals surface area contributed by atoms with E-state index in [9.17, 15) is 9.59 Å². The van der Waals surface area contributed by atoms with Crippen LogP contribution in [0.25, 0.3) is 0 Å². The van der Waals surface area contributed by atoms with E-state index in [1.165, 1.54) is 0 Å². The van der Waals surface area contributed by atoms with Gasteiger partial charge in [0, 0.05) is 18.4 Å². The molecule has 0 heterocycles. The minimum Gasteiger partial charge on any atom is -0.460 e. The van der Waals surface area contributed by atoms with E-state index in [0.717, 1.165) is 19.3 Å². The largest absolute Gasteiger partial charge is 0.460 e. The van der Waals surface area contributed by atoms with Gasteiger partial charge in [-0.2, -0.15) is 0 Å². The van der Waals surface area contributed by atoms with Crippen LogP contribution in [0.3, 0.4) is 0 Å². The average Bonchev–Trinajstić information content (AvgIpc) is 2.37. The van der Waals surface area contributed by atoms with E-state index in [1.807, 2.05) is 41.5 Å². The summed E-state index contributed by atoms with van der Waals surface area (Å²) in [7, 11) is 0. The maximum atomic E-state index is 11.9. The Bertz CT molecular complexity index is 373. The number of unbranched alkanes of at least 4 members (excludes halogenated alkanes) is 1. The summed E-state index contributed by atoms with van der Waals surface area (Å²) in [6, 6.07) is 0. The maximum absolute atomic E-state index is 11.9. The second-order valence-electron chi connectivity index (χ2n) is 8.64. The van der Waals surface area contributed by atoms with Gasteiger partial charge in [0.1, 0.15) is 11.2 Å². The Morgan fingerprint density at radius 3 is 1.46 bits per heavy atom. The maximum Gasteiger partial charge on any atom is 0.306 e. The lowest BCUT2D eigenvalue weighted by molar-refractivity contribution is -0.155. The molecule has 0 saturated carbocycles. The second-order valence-corrected chi connectivity index (χ2v) is 8.64. The van der Waals surface area contributed by atoms with Crippen molar-refractivity contribution >= 4 is 11.9 Å². The van der Waals surface area contributed by atoms with E-state index in [1.54, 1.807) is 0 Å². The molecule has 0 aliphatic rings. The molecule has 0 aromatic rings. The number of esters is 2. The summed E-state index contributed by atoms with van der Waals surface area (Å²) in [5.41, 5.74) is 4.97. The highest BCUT2D eigenvalue weighted by molar-refractivity contribution is 5.70. The van der Waals surface area contributed by atoms with Crippen LogP contribution < -0.4 is 5.73 Å². The smallest absolute Gasteiger partial charge is 0.306 e. The molecule has 24 heavy (non-hydrogen) atoms. The van der Waals surface area contributed by atoms with E-state index in [0.29, 0.717) is 12.8 Å².